The van der Waals surface area contributed by atoms with E-state index in [-0.39, 0.29) is 34.5 Å². The fraction of sp³-hybridized carbons (Fsp3) is 0.235. The van der Waals surface area contributed by atoms with E-state index in [1.54, 1.807) is 6.07 Å². The molecule has 0 radical (unpaired) electrons. The van der Waals surface area contributed by atoms with Crippen molar-refractivity contribution in [1.29, 1.82) is 0 Å². The van der Waals surface area contributed by atoms with Crippen LogP contribution in [-0.2, 0) is 10.0 Å². The second-order valence-corrected chi connectivity index (χ2v) is 7.38. The molecule has 0 saturated carbocycles. The van der Waals surface area contributed by atoms with Gasteiger partial charge in [-0.15, -0.1) is 12.4 Å². The van der Waals surface area contributed by atoms with Crippen LogP contribution in [0, 0.1) is 5.82 Å². The molecule has 142 valence electrons. The summed E-state index contributed by atoms with van der Waals surface area (Å²) in [4.78, 5) is 14.0. The standard InChI is InChI=1S/C17H20FN3O3S.ClH/c1-21(2)11-10-19-17(22)13-4-3-5-16(12-13)25(23,24)20-15-8-6-14(18)7-9-15;/h3-9,12,20H,10-11H2,1-2H3,(H,19,22);1H. The van der Waals surface area contributed by atoms with E-state index >= 15 is 0 Å². The van der Waals surface area contributed by atoms with Gasteiger partial charge in [0, 0.05) is 24.3 Å². The average molecular weight is 402 g/mol. The van der Waals surface area contributed by atoms with Gasteiger partial charge in [0.2, 0.25) is 0 Å². The van der Waals surface area contributed by atoms with E-state index in [2.05, 4.69) is 10.0 Å². The van der Waals surface area contributed by atoms with Gasteiger partial charge >= 0.3 is 0 Å². The third kappa shape index (κ3) is 6.29. The lowest BCUT2D eigenvalue weighted by atomic mass is 10.2. The average Bonchev–Trinajstić information content (AvgIpc) is 2.56. The van der Waals surface area contributed by atoms with Crippen molar-refractivity contribution < 1.29 is 17.6 Å². The maximum atomic E-state index is 12.9. The number of carbonyl (C=O) groups is 1. The number of nitrogens with one attached hydrogen (secondary N) is 2. The van der Waals surface area contributed by atoms with Crippen LogP contribution < -0.4 is 10.0 Å². The highest BCUT2D eigenvalue weighted by Gasteiger charge is 2.16. The minimum absolute atomic E-state index is 0. The number of anilines is 1. The Hall–Kier alpha value is -2.16. The van der Waals surface area contributed by atoms with Crippen LogP contribution in [0.1, 0.15) is 10.4 Å². The molecular weight excluding hydrogens is 381 g/mol. The first kappa shape index (κ1) is 21.9. The number of halogens is 2. The van der Waals surface area contributed by atoms with Crippen LogP contribution in [-0.4, -0.2) is 46.4 Å². The first-order chi connectivity index (χ1) is 11.8. The molecule has 2 aromatic carbocycles. The Balaban J connectivity index is 0.00000338. The van der Waals surface area contributed by atoms with Gasteiger partial charge in [-0.25, -0.2) is 12.8 Å². The minimum atomic E-state index is -3.88. The van der Waals surface area contributed by atoms with E-state index in [9.17, 15) is 17.6 Å². The summed E-state index contributed by atoms with van der Waals surface area (Å²) in [7, 11) is -0.0981. The predicted molar refractivity (Wildman–Crippen MR) is 102 cm³/mol. The van der Waals surface area contributed by atoms with Gasteiger partial charge in [0.1, 0.15) is 5.82 Å². The summed E-state index contributed by atoms with van der Waals surface area (Å²) in [5.74, 6) is -0.806. The normalized spacial score (nSPS) is 10.9. The molecule has 0 bridgehead atoms. The molecule has 2 rings (SSSR count). The second kappa shape index (κ2) is 9.51. The smallest absolute Gasteiger partial charge is 0.261 e. The number of sulfonamides is 1. The molecule has 0 spiro atoms. The molecular formula is C17H21ClFN3O3S. The Morgan fingerprint density at radius 1 is 1.12 bits per heavy atom. The van der Waals surface area contributed by atoms with Gasteiger partial charge in [0.05, 0.1) is 4.90 Å². The van der Waals surface area contributed by atoms with Gasteiger partial charge in [0.25, 0.3) is 15.9 Å². The largest absolute Gasteiger partial charge is 0.351 e. The van der Waals surface area contributed by atoms with Crippen LogP contribution in [0.25, 0.3) is 0 Å². The molecule has 0 heterocycles. The molecule has 0 saturated heterocycles. The van der Waals surface area contributed by atoms with E-state index in [1.807, 2.05) is 19.0 Å². The van der Waals surface area contributed by atoms with Crippen molar-refractivity contribution in [3.63, 3.8) is 0 Å². The molecule has 6 nitrogen and oxygen atoms in total. The Morgan fingerprint density at radius 3 is 2.38 bits per heavy atom. The fourth-order valence-electron chi connectivity index (χ4n) is 2.03. The highest BCUT2D eigenvalue weighted by molar-refractivity contribution is 7.92. The molecule has 2 N–H and O–H groups in total. The van der Waals surface area contributed by atoms with Gasteiger partial charge in [-0.05, 0) is 56.6 Å². The number of nitrogens with zero attached hydrogens (tertiary/aromatic N) is 1. The van der Waals surface area contributed by atoms with E-state index in [4.69, 9.17) is 0 Å². The summed E-state index contributed by atoms with van der Waals surface area (Å²) in [6.07, 6.45) is 0. The molecule has 0 fully saturated rings. The predicted octanol–water partition coefficient (Wildman–Crippen LogP) is 2.34. The summed E-state index contributed by atoms with van der Waals surface area (Å²) in [6.45, 7) is 1.13. The minimum Gasteiger partial charge on any atom is -0.351 e. The zero-order chi connectivity index (χ0) is 18.4. The van der Waals surface area contributed by atoms with Crippen molar-refractivity contribution in [2.24, 2.45) is 0 Å². The number of amides is 1. The highest BCUT2D eigenvalue weighted by atomic mass is 35.5. The number of rotatable bonds is 7. The molecule has 0 aliphatic carbocycles. The summed E-state index contributed by atoms with van der Waals surface area (Å²) in [6, 6.07) is 10.7. The molecule has 0 aliphatic rings. The first-order valence-corrected chi connectivity index (χ1v) is 9.07. The monoisotopic (exact) mass is 401 g/mol. The molecule has 1 amide bonds. The van der Waals surface area contributed by atoms with Crippen molar-refractivity contribution in [2.45, 2.75) is 4.90 Å². The van der Waals surface area contributed by atoms with E-state index in [0.717, 1.165) is 12.1 Å². The van der Waals surface area contributed by atoms with Crippen molar-refractivity contribution >= 4 is 34.0 Å². The molecule has 26 heavy (non-hydrogen) atoms. The zero-order valence-corrected chi connectivity index (χ0v) is 16.0. The SMILES string of the molecule is CN(C)CCNC(=O)c1cccc(S(=O)(=O)Nc2ccc(F)cc2)c1.Cl. The van der Waals surface area contributed by atoms with Crippen LogP contribution in [0.4, 0.5) is 10.1 Å². The Morgan fingerprint density at radius 2 is 1.77 bits per heavy atom. The zero-order valence-electron chi connectivity index (χ0n) is 14.4. The summed E-state index contributed by atoms with van der Waals surface area (Å²) in [5, 5.41) is 2.73. The number of hydrogen-bond acceptors (Lipinski definition) is 4. The third-order valence-electron chi connectivity index (χ3n) is 3.35. The first-order valence-electron chi connectivity index (χ1n) is 7.59. The van der Waals surface area contributed by atoms with Gasteiger partial charge in [-0.3, -0.25) is 9.52 Å². The summed E-state index contributed by atoms with van der Waals surface area (Å²) in [5.41, 5.74) is 0.489. The maximum absolute atomic E-state index is 12.9. The fourth-order valence-corrected chi connectivity index (χ4v) is 3.14. The number of likely N-dealkylation sites (N-methyl/N-ethyl adjacent to an activating group) is 1. The topological polar surface area (TPSA) is 78.5 Å². The van der Waals surface area contributed by atoms with E-state index < -0.39 is 15.8 Å². The maximum Gasteiger partial charge on any atom is 0.261 e. The van der Waals surface area contributed by atoms with Crippen LogP contribution in [0.5, 0.6) is 0 Å². The van der Waals surface area contributed by atoms with Gasteiger partial charge in [0.15, 0.2) is 0 Å². The second-order valence-electron chi connectivity index (χ2n) is 5.70. The number of benzene rings is 2. The van der Waals surface area contributed by atoms with Crippen LogP contribution in [0.15, 0.2) is 53.4 Å². The lowest BCUT2D eigenvalue weighted by molar-refractivity contribution is 0.0951. The van der Waals surface area contributed by atoms with Crippen LogP contribution >= 0.6 is 12.4 Å². The van der Waals surface area contributed by atoms with Gasteiger partial charge in [-0.1, -0.05) is 6.07 Å². The van der Waals surface area contributed by atoms with Crippen molar-refractivity contribution in [3.8, 4) is 0 Å². The summed E-state index contributed by atoms with van der Waals surface area (Å²) < 4.78 is 40.1. The lowest BCUT2D eigenvalue weighted by Crippen LogP contribution is -2.31. The Kier molecular flexibility index (Phi) is 8.01. The number of carbonyl (C=O) groups excluding carboxylic acids is 1. The van der Waals surface area contributed by atoms with Crippen LogP contribution in [0.2, 0.25) is 0 Å². The Labute approximate surface area is 158 Å². The summed E-state index contributed by atoms with van der Waals surface area (Å²) >= 11 is 0. The molecule has 2 aromatic rings. The van der Waals surface area contributed by atoms with E-state index in [1.165, 1.54) is 30.3 Å². The van der Waals surface area contributed by atoms with Crippen LogP contribution in [0.3, 0.4) is 0 Å². The van der Waals surface area contributed by atoms with Crippen molar-refractivity contribution in [3.05, 3.63) is 59.9 Å². The Bertz CT molecular complexity index is 843. The third-order valence-corrected chi connectivity index (χ3v) is 4.73. The van der Waals surface area contributed by atoms with Crippen molar-refractivity contribution in [1.82, 2.24) is 10.2 Å². The quantitative estimate of drug-likeness (QED) is 0.746. The molecule has 0 aromatic heterocycles. The van der Waals surface area contributed by atoms with Gasteiger partial charge < -0.3 is 10.2 Å². The number of hydrogen-bond donors (Lipinski definition) is 2. The molecule has 0 unspecified atom stereocenters. The molecule has 9 heteroatoms. The molecule has 0 aliphatic heterocycles. The highest BCUT2D eigenvalue weighted by Crippen LogP contribution is 2.17. The van der Waals surface area contributed by atoms with Crippen molar-refractivity contribution in [2.75, 3.05) is 31.9 Å². The molecule has 0 atom stereocenters. The van der Waals surface area contributed by atoms with Gasteiger partial charge in [-0.2, -0.15) is 0 Å². The van der Waals surface area contributed by atoms with E-state index in [0.29, 0.717) is 13.1 Å². The lowest BCUT2D eigenvalue weighted by Gasteiger charge is -2.11.